The third-order valence-corrected chi connectivity index (χ3v) is 3.89. The van der Waals surface area contributed by atoms with Gasteiger partial charge in [-0.25, -0.2) is 4.79 Å². The summed E-state index contributed by atoms with van der Waals surface area (Å²) in [5.41, 5.74) is 0.133. The molecular weight excluding hydrogens is 326 g/mol. The molecule has 1 aromatic rings. The number of likely N-dealkylation sites (tertiary alicyclic amines) is 1. The second kappa shape index (κ2) is 6.74. The minimum atomic E-state index is -1.02. The molecule has 2 rings (SSSR count). The predicted octanol–water partition coefficient (Wildman–Crippen LogP) is 2.54. The van der Waals surface area contributed by atoms with E-state index >= 15 is 0 Å². The fourth-order valence-electron chi connectivity index (χ4n) is 2.12. The number of carboxylic acids is 1. The topological polar surface area (TPSA) is 66.8 Å². The van der Waals surface area contributed by atoms with Gasteiger partial charge >= 0.3 is 5.97 Å². The Morgan fingerprint density at radius 3 is 2.60 bits per heavy atom. The Morgan fingerprint density at radius 1 is 1.25 bits per heavy atom. The van der Waals surface area contributed by atoms with Gasteiger partial charge in [0.05, 0.1) is 10.0 Å². The standard InChI is InChI=1S/C14H16BrNO4/c15-11-5-4-10(14(18)19)8-12(11)20-9-13(17)16-6-2-1-3-7-16/h4-5,8H,1-3,6-7,9H2,(H,18,19). The average Bonchev–Trinajstić information content (AvgIpc) is 2.46. The number of amides is 1. The van der Waals surface area contributed by atoms with E-state index < -0.39 is 5.97 Å². The van der Waals surface area contributed by atoms with Crippen LogP contribution in [0.15, 0.2) is 22.7 Å². The number of hydrogen-bond donors (Lipinski definition) is 1. The van der Waals surface area contributed by atoms with Crippen LogP contribution in [-0.2, 0) is 4.79 Å². The van der Waals surface area contributed by atoms with E-state index in [0.29, 0.717) is 10.2 Å². The third-order valence-electron chi connectivity index (χ3n) is 3.24. The van der Waals surface area contributed by atoms with Crippen LogP contribution in [0.1, 0.15) is 29.6 Å². The third kappa shape index (κ3) is 3.72. The molecule has 0 aliphatic carbocycles. The molecular formula is C14H16BrNO4. The molecule has 108 valence electrons. The van der Waals surface area contributed by atoms with Crippen molar-refractivity contribution in [2.45, 2.75) is 19.3 Å². The highest BCUT2D eigenvalue weighted by molar-refractivity contribution is 9.10. The molecule has 1 saturated heterocycles. The summed E-state index contributed by atoms with van der Waals surface area (Å²) in [7, 11) is 0. The molecule has 0 spiro atoms. The maximum Gasteiger partial charge on any atom is 0.335 e. The number of nitrogens with zero attached hydrogens (tertiary/aromatic N) is 1. The number of hydrogen-bond acceptors (Lipinski definition) is 3. The molecule has 5 nitrogen and oxygen atoms in total. The van der Waals surface area contributed by atoms with Gasteiger partial charge in [-0.1, -0.05) is 0 Å². The van der Waals surface area contributed by atoms with Gasteiger partial charge in [0.15, 0.2) is 6.61 Å². The Kier molecular flexibility index (Phi) is 5.00. The zero-order chi connectivity index (χ0) is 14.5. The van der Waals surface area contributed by atoms with Gasteiger partial charge in [0.1, 0.15) is 5.75 Å². The number of ether oxygens (including phenoxy) is 1. The molecule has 1 aliphatic rings. The van der Waals surface area contributed by atoms with Gasteiger partial charge < -0.3 is 14.7 Å². The smallest absolute Gasteiger partial charge is 0.335 e. The quantitative estimate of drug-likeness (QED) is 0.913. The lowest BCUT2D eigenvalue weighted by Gasteiger charge is -2.26. The maximum absolute atomic E-state index is 12.0. The molecule has 0 aromatic heterocycles. The molecule has 0 bridgehead atoms. The highest BCUT2D eigenvalue weighted by atomic mass is 79.9. The van der Waals surface area contributed by atoms with Crippen LogP contribution in [0.4, 0.5) is 0 Å². The van der Waals surface area contributed by atoms with Crippen LogP contribution in [0.5, 0.6) is 5.75 Å². The van der Waals surface area contributed by atoms with E-state index in [1.54, 1.807) is 11.0 Å². The largest absolute Gasteiger partial charge is 0.483 e. The van der Waals surface area contributed by atoms with Crippen LogP contribution in [0, 0.1) is 0 Å². The SMILES string of the molecule is O=C(O)c1ccc(Br)c(OCC(=O)N2CCCCC2)c1. The van der Waals surface area contributed by atoms with Crippen molar-refractivity contribution in [1.82, 2.24) is 4.90 Å². The predicted molar refractivity (Wildman–Crippen MR) is 77.0 cm³/mol. The number of carbonyl (C=O) groups is 2. The number of benzene rings is 1. The van der Waals surface area contributed by atoms with Crippen LogP contribution >= 0.6 is 15.9 Å². The van der Waals surface area contributed by atoms with Crippen molar-refractivity contribution in [2.24, 2.45) is 0 Å². The summed E-state index contributed by atoms with van der Waals surface area (Å²) in [6, 6.07) is 4.49. The van der Waals surface area contributed by atoms with Gasteiger partial charge in [-0.3, -0.25) is 4.79 Å². The highest BCUT2D eigenvalue weighted by Crippen LogP contribution is 2.26. The zero-order valence-corrected chi connectivity index (χ0v) is 12.6. The van der Waals surface area contributed by atoms with Gasteiger partial charge in [-0.05, 0) is 53.4 Å². The molecule has 1 fully saturated rings. The monoisotopic (exact) mass is 341 g/mol. The van der Waals surface area contributed by atoms with Gasteiger partial charge in [-0.2, -0.15) is 0 Å². The molecule has 0 atom stereocenters. The van der Waals surface area contributed by atoms with Gasteiger partial charge in [0, 0.05) is 13.1 Å². The summed E-state index contributed by atoms with van der Waals surface area (Å²) in [5.74, 6) is -0.711. The van der Waals surface area contributed by atoms with E-state index in [9.17, 15) is 9.59 Å². The van der Waals surface area contributed by atoms with Crippen molar-refractivity contribution >= 4 is 27.8 Å². The number of carbonyl (C=O) groups excluding carboxylic acids is 1. The molecule has 1 heterocycles. The number of rotatable bonds is 4. The lowest BCUT2D eigenvalue weighted by molar-refractivity contribution is -0.134. The van der Waals surface area contributed by atoms with E-state index in [-0.39, 0.29) is 18.1 Å². The minimum absolute atomic E-state index is 0.0580. The van der Waals surface area contributed by atoms with E-state index in [1.165, 1.54) is 12.1 Å². The van der Waals surface area contributed by atoms with Crippen molar-refractivity contribution in [3.05, 3.63) is 28.2 Å². The fourth-order valence-corrected chi connectivity index (χ4v) is 2.48. The average molecular weight is 342 g/mol. The van der Waals surface area contributed by atoms with Crippen LogP contribution in [-0.4, -0.2) is 41.6 Å². The number of halogens is 1. The summed E-state index contributed by atoms with van der Waals surface area (Å²) >= 11 is 3.28. The lowest BCUT2D eigenvalue weighted by Crippen LogP contribution is -2.38. The summed E-state index contributed by atoms with van der Waals surface area (Å²) < 4.78 is 6.07. The Labute approximate surface area is 125 Å². The lowest BCUT2D eigenvalue weighted by atomic mass is 10.1. The molecule has 0 radical (unpaired) electrons. The summed E-state index contributed by atoms with van der Waals surface area (Å²) in [6.07, 6.45) is 3.23. The van der Waals surface area contributed by atoms with E-state index in [4.69, 9.17) is 9.84 Å². The van der Waals surface area contributed by atoms with Gasteiger partial charge in [0.25, 0.3) is 5.91 Å². The first-order valence-electron chi connectivity index (χ1n) is 6.51. The molecule has 20 heavy (non-hydrogen) atoms. The zero-order valence-electron chi connectivity index (χ0n) is 11.0. The van der Waals surface area contributed by atoms with Crippen LogP contribution in [0.3, 0.4) is 0 Å². The Bertz CT molecular complexity index is 512. The number of aromatic carboxylic acids is 1. The van der Waals surface area contributed by atoms with Crippen molar-refractivity contribution in [1.29, 1.82) is 0 Å². The fraction of sp³-hybridized carbons (Fsp3) is 0.429. The molecule has 6 heteroatoms. The summed E-state index contributed by atoms with van der Waals surface area (Å²) in [5, 5.41) is 8.94. The highest BCUT2D eigenvalue weighted by Gasteiger charge is 2.17. The van der Waals surface area contributed by atoms with Crippen molar-refractivity contribution in [2.75, 3.05) is 19.7 Å². The molecule has 0 unspecified atom stereocenters. The Balaban J connectivity index is 1.97. The van der Waals surface area contributed by atoms with Gasteiger partial charge in [-0.15, -0.1) is 0 Å². The Hall–Kier alpha value is -1.56. The molecule has 1 aliphatic heterocycles. The summed E-state index contributed by atoms with van der Waals surface area (Å²) in [6.45, 7) is 1.48. The molecule has 1 N–H and O–H groups in total. The number of piperidine rings is 1. The van der Waals surface area contributed by atoms with E-state index in [2.05, 4.69) is 15.9 Å². The van der Waals surface area contributed by atoms with E-state index in [1.807, 2.05) is 0 Å². The minimum Gasteiger partial charge on any atom is -0.483 e. The van der Waals surface area contributed by atoms with Crippen molar-refractivity contribution in [3.8, 4) is 5.75 Å². The van der Waals surface area contributed by atoms with Crippen molar-refractivity contribution in [3.63, 3.8) is 0 Å². The van der Waals surface area contributed by atoms with Crippen LogP contribution < -0.4 is 4.74 Å². The van der Waals surface area contributed by atoms with Crippen LogP contribution in [0.25, 0.3) is 0 Å². The molecule has 0 saturated carbocycles. The normalized spacial score (nSPS) is 14.9. The van der Waals surface area contributed by atoms with Crippen molar-refractivity contribution < 1.29 is 19.4 Å². The van der Waals surface area contributed by atoms with E-state index in [0.717, 1.165) is 32.4 Å². The summed E-state index contributed by atoms with van der Waals surface area (Å²) in [4.78, 5) is 24.7. The first kappa shape index (κ1) is 14.8. The second-order valence-corrected chi connectivity index (χ2v) is 5.53. The Morgan fingerprint density at radius 2 is 1.95 bits per heavy atom. The van der Waals surface area contributed by atoms with Gasteiger partial charge in [0.2, 0.25) is 0 Å². The molecule has 1 amide bonds. The van der Waals surface area contributed by atoms with Crippen LogP contribution in [0.2, 0.25) is 0 Å². The first-order chi connectivity index (χ1) is 9.58. The maximum atomic E-state index is 12.0. The number of carboxylic acid groups (broad SMARTS) is 1. The second-order valence-electron chi connectivity index (χ2n) is 4.68. The molecule has 1 aromatic carbocycles. The first-order valence-corrected chi connectivity index (χ1v) is 7.30.